The second-order valence-electron chi connectivity index (χ2n) is 4.77. The molecule has 106 valence electrons. The van der Waals surface area contributed by atoms with Crippen molar-refractivity contribution in [1.82, 2.24) is 4.98 Å². The van der Waals surface area contributed by atoms with E-state index in [0.717, 1.165) is 26.6 Å². The van der Waals surface area contributed by atoms with Gasteiger partial charge in [-0.25, -0.2) is 0 Å². The monoisotopic (exact) mass is 362 g/mol. The molecule has 0 aliphatic carbocycles. The first-order valence-electron chi connectivity index (χ1n) is 6.35. The first-order chi connectivity index (χ1) is 10.0. The van der Waals surface area contributed by atoms with Crippen LogP contribution in [0.25, 0.3) is 10.9 Å². The summed E-state index contributed by atoms with van der Waals surface area (Å²) < 4.78 is 0.946. The third kappa shape index (κ3) is 2.82. The number of rotatable bonds is 2. The summed E-state index contributed by atoms with van der Waals surface area (Å²) in [5.74, 6) is 0.102. The largest absolute Gasteiger partial charge is 0.494 e. The van der Waals surface area contributed by atoms with Crippen LogP contribution in [-0.2, 0) is 0 Å². The van der Waals surface area contributed by atoms with Gasteiger partial charge in [0, 0.05) is 26.6 Å². The quantitative estimate of drug-likeness (QED) is 0.592. The number of aliphatic imine (C=N–C) groups is 1. The summed E-state index contributed by atoms with van der Waals surface area (Å²) in [5, 5.41) is 11.6. The fourth-order valence-corrected chi connectivity index (χ4v) is 2.64. The number of hydrogen-bond acceptors (Lipinski definition) is 2. The standard InChI is InChI=1S/C16H12BrClN2O/c1-9-2-4-11(7-14(9)18)19-8-13-12-6-10(17)3-5-15(12)20-16(13)21/h2-8,20-21H,1H3. The van der Waals surface area contributed by atoms with Crippen molar-refractivity contribution in [1.29, 1.82) is 0 Å². The van der Waals surface area contributed by atoms with Crippen molar-refractivity contribution in [3.63, 3.8) is 0 Å². The lowest BCUT2D eigenvalue weighted by Gasteiger charge is -1.99. The molecular formula is C16H12BrClN2O. The Labute approximate surface area is 135 Å². The van der Waals surface area contributed by atoms with Crippen LogP contribution in [0.3, 0.4) is 0 Å². The first kappa shape index (κ1) is 14.2. The molecule has 3 nitrogen and oxygen atoms in total. The number of nitrogens with one attached hydrogen (secondary N) is 1. The van der Waals surface area contributed by atoms with Crippen LogP contribution in [0.15, 0.2) is 45.9 Å². The predicted molar refractivity (Wildman–Crippen MR) is 91.1 cm³/mol. The number of H-pyrrole nitrogens is 1. The maximum Gasteiger partial charge on any atom is 0.198 e. The molecule has 0 bridgehead atoms. The van der Waals surface area contributed by atoms with E-state index in [1.54, 1.807) is 12.3 Å². The van der Waals surface area contributed by atoms with Crippen LogP contribution in [0.1, 0.15) is 11.1 Å². The smallest absolute Gasteiger partial charge is 0.198 e. The highest BCUT2D eigenvalue weighted by atomic mass is 79.9. The summed E-state index contributed by atoms with van der Waals surface area (Å²) >= 11 is 9.52. The van der Waals surface area contributed by atoms with Crippen molar-refractivity contribution in [2.24, 2.45) is 4.99 Å². The molecule has 0 saturated carbocycles. The van der Waals surface area contributed by atoms with E-state index in [1.165, 1.54) is 0 Å². The first-order valence-corrected chi connectivity index (χ1v) is 7.52. The number of fused-ring (bicyclic) bond motifs is 1. The summed E-state index contributed by atoms with van der Waals surface area (Å²) in [6.45, 7) is 1.94. The second kappa shape index (κ2) is 5.54. The van der Waals surface area contributed by atoms with Crippen LogP contribution in [0.4, 0.5) is 5.69 Å². The van der Waals surface area contributed by atoms with Gasteiger partial charge in [0.15, 0.2) is 5.88 Å². The molecule has 0 atom stereocenters. The average Bonchev–Trinajstić information content (AvgIpc) is 2.75. The molecule has 1 heterocycles. The number of aromatic hydroxyl groups is 1. The van der Waals surface area contributed by atoms with Crippen LogP contribution < -0.4 is 0 Å². The van der Waals surface area contributed by atoms with E-state index in [4.69, 9.17) is 11.6 Å². The number of aromatic amines is 1. The average molecular weight is 364 g/mol. The number of halogens is 2. The Morgan fingerprint density at radius 1 is 1.24 bits per heavy atom. The molecule has 0 fully saturated rings. The SMILES string of the molecule is Cc1ccc(N=Cc2c(O)[nH]c3ccc(Br)cc23)cc1Cl. The Balaban J connectivity index is 2.04. The van der Waals surface area contributed by atoms with Gasteiger partial charge in [-0.05, 0) is 42.8 Å². The van der Waals surface area contributed by atoms with Crippen LogP contribution in [-0.4, -0.2) is 16.3 Å². The van der Waals surface area contributed by atoms with E-state index in [2.05, 4.69) is 25.9 Å². The molecule has 0 amide bonds. The van der Waals surface area contributed by atoms with Gasteiger partial charge >= 0.3 is 0 Å². The Morgan fingerprint density at radius 2 is 2.05 bits per heavy atom. The third-order valence-corrected chi connectivity index (χ3v) is 4.18. The van der Waals surface area contributed by atoms with E-state index < -0.39 is 0 Å². The highest BCUT2D eigenvalue weighted by Crippen LogP contribution is 2.29. The molecule has 3 rings (SSSR count). The molecular weight excluding hydrogens is 352 g/mol. The minimum Gasteiger partial charge on any atom is -0.494 e. The molecule has 2 aromatic carbocycles. The lowest BCUT2D eigenvalue weighted by atomic mass is 10.2. The third-order valence-electron chi connectivity index (χ3n) is 3.28. The van der Waals surface area contributed by atoms with E-state index in [0.29, 0.717) is 10.6 Å². The summed E-state index contributed by atoms with van der Waals surface area (Å²) in [6, 6.07) is 11.4. The van der Waals surface area contributed by atoms with Crippen LogP contribution in [0.5, 0.6) is 5.88 Å². The zero-order valence-corrected chi connectivity index (χ0v) is 13.5. The Kier molecular flexibility index (Phi) is 3.74. The summed E-state index contributed by atoms with van der Waals surface area (Å²) in [5.41, 5.74) is 3.27. The number of aryl methyl sites for hydroxylation is 1. The van der Waals surface area contributed by atoms with Gasteiger partial charge in [-0.2, -0.15) is 0 Å². The molecule has 0 aliphatic rings. The lowest BCUT2D eigenvalue weighted by molar-refractivity contribution is 0.457. The Hall–Kier alpha value is -1.78. The molecule has 0 radical (unpaired) electrons. The number of hydrogen-bond donors (Lipinski definition) is 2. The van der Waals surface area contributed by atoms with Gasteiger partial charge < -0.3 is 10.1 Å². The van der Waals surface area contributed by atoms with Gasteiger partial charge in [0.1, 0.15) is 0 Å². The normalized spacial score (nSPS) is 11.6. The zero-order valence-electron chi connectivity index (χ0n) is 11.2. The number of nitrogens with zero attached hydrogens (tertiary/aromatic N) is 1. The topological polar surface area (TPSA) is 48.4 Å². The summed E-state index contributed by atoms with van der Waals surface area (Å²) in [7, 11) is 0. The fourth-order valence-electron chi connectivity index (χ4n) is 2.10. The van der Waals surface area contributed by atoms with Crippen molar-refractivity contribution in [2.45, 2.75) is 6.92 Å². The molecule has 0 unspecified atom stereocenters. The second-order valence-corrected chi connectivity index (χ2v) is 6.09. The van der Waals surface area contributed by atoms with Gasteiger partial charge in [-0.1, -0.05) is 33.6 Å². The number of aromatic nitrogens is 1. The maximum atomic E-state index is 10.0. The lowest BCUT2D eigenvalue weighted by Crippen LogP contribution is -1.80. The predicted octanol–water partition coefficient (Wildman–Crippen LogP) is 5.35. The molecule has 0 saturated heterocycles. The number of benzene rings is 2. The fraction of sp³-hybridized carbons (Fsp3) is 0.0625. The highest BCUT2D eigenvalue weighted by molar-refractivity contribution is 9.10. The molecule has 3 aromatic rings. The molecule has 2 N–H and O–H groups in total. The molecule has 21 heavy (non-hydrogen) atoms. The van der Waals surface area contributed by atoms with Crippen LogP contribution in [0.2, 0.25) is 5.02 Å². The highest BCUT2D eigenvalue weighted by Gasteiger charge is 2.09. The van der Waals surface area contributed by atoms with Gasteiger partial charge in [0.05, 0.1) is 11.3 Å². The maximum absolute atomic E-state index is 10.0. The van der Waals surface area contributed by atoms with E-state index in [9.17, 15) is 5.11 Å². The Morgan fingerprint density at radius 3 is 2.81 bits per heavy atom. The van der Waals surface area contributed by atoms with Crippen LogP contribution >= 0.6 is 27.5 Å². The van der Waals surface area contributed by atoms with E-state index in [1.807, 2.05) is 37.3 Å². The minimum atomic E-state index is 0.102. The van der Waals surface area contributed by atoms with Gasteiger partial charge in [0.2, 0.25) is 0 Å². The zero-order chi connectivity index (χ0) is 15.0. The molecule has 1 aromatic heterocycles. The van der Waals surface area contributed by atoms with Gasteiger partial charge in [-0.15, -0.1) is 0 Å². The molecule has 0 spiro atoms. The summed E-state index contributed by atoms with van der Waals surface area (Å²) in [4.78, 5) is 7.31. The summed E-state index contributed by atoms with van der Waals surface area (Å²) in [6.07, 6.45) is 1.64. The van der Waals surface area contributed by atoms with Gasteiger partial charge in [-0.3, -0.25) is 4.99 Å². The van der Waals surface area contributed by atoms with Crippen molar-refractivity contribution in [2.75, 3.05) is 0 Å². The van der Waals surface area contributed by atoms with Crippen LogP contribution in [0, 0.1) is 6.92 Å². The minimum absolute atomic E-state index is 0.102. The van der Waals surface area contributed by atoms with Crippen molar-refractivity contribution in [3.8, 4) is 5.88 Å². The van der Waals surface area contributed by atoms with E-state index in [-0.39, 0.29) is 5.88 Å². The Bertz CT molecular complexity index is 855. The molecule has 0 aliphatic heterocycles. The van der Waals surface area contributed by atoms with Crippen molar-refractivity contribution in [3.05, 3.63) is 57.0 Å². The van der Waals surface area contributed by atoms with Crippen molar-refractivity contribution < 1.29 is 5.11 Å². The van der Waals surface area contributed by atoms with Gasteiger partial charge in [0.25, 0.3) is 0 Å². The molecule has 5 heteroatoms. The van der Waals surface area contributed by atoms with E-state index >= 15 is 0 Å². The van der Waals surface area contributed by atoms with Crippen molar-refractivity contribution >= 4 is 50.3 Å².